The third-order valence-corrected chi connectivity index (χ3v) is 16.5. The third-order valence-electron chi connectivity index (χ3n) is 16.5. The smallest absolute Gasteiger partial charge is 0.220 e. The van der Waals surface area contributed by atoms with Gasteiger partial charge in [0.2, 0.25) is 5.91 Å². The molecule has 462 valence electrons. The molecular formula is C64H123NO13. The Bertz CT molecular complexity index is 1360. The van der Waals surface area contributed by atoms with Crippen molar-refractivity contribution in [2.45, 2.75) is 370 Å². The highest BCUT2D eigenvalue weighted by molar-refractivity contribution is 5.76. The van der Waals surface area contributed by atoms with Crippen molar-refractivity contribution in [1.29, 1.82) is 0 Å². The second kappa shape index (κ2) is 50.3. The van der Waals surface area contributed by atoms with Crippen molar-refractivity contribution in [3.8, 4) is 0 Å². The molecule has 0 saturated carbocycles. The van der Waals surface area contributed by atoms with Crippen LogP contribution in [0.2, 0.25) is 0 Å². The van der Waals surface area contributed by atoms with Gasteiger partial charge in [-0.1, -0.05) is 283 Å². The number of nitrogens with one attached hydrogen (secondary N) is 1. The number of hydrogen-bond donors (Lipinski definition) is 9. The van der Waals surface area contributed by atoms with Crippen molar-refractivity contribution in [1.82, 2.24) is 5.32 Å². The normalized spacial score (nSPS) is 24.5. The molecule has 78 heavy (non-hydrogen) atoms. The maximum Gasteiger partial charge on any atom is 0.220 e. The van der Waals surface area contributed by atoms with Gasteiger partial charge in [0.15, 0.2) is 12.6 Å². The molecule has 14 nitrogen and oxygen atoms in total. The number of carbonyl (C=O) groups is 1. The largest absolute Gasteiger partial charge is 0.394 e. The first kappa shape index (κ1) is 72.8. The predicted molar refractivity (Wildman–Crippen MR) is 314 cm³/mol. The van der Waals surface area contributed by atoms with E-state index in [9.17, 15) is 45.6 Å². The van der Waals surface area contributed by atoms with Crippen LogP contribution in [0.5, 0.6) is 0 Å². The Balaban J connectivity index is 1.60. The van der Waals surface area contributed by atoms with Crippen LogP contribution in [-0.2, 0) is 23.7 Å². The van der Waals surface area contributed by atoms with E-state index in [1.165, 1.54) is 231 Å². The van der Waals surface area contributed by atoms with Gasteiger partial charge in [-0.25, -0.2) is 0 Å². The van der Waals surface area contributed by atoms with Crippen LogP contribution < -0.4 is 5.32 Å². The van der Waals surface area contributed by atoms with Gasteiger partial charge in [0.1, 0.15) is 48.8 Å². The van der Waals surface area contributed by atoms with Gasteiger partial charge in [-0.05, 0) is 19.3 Å². The fourth-order valence-corrected chi connectivity index (χ4v) is 11.2. The van der Waals surface area contributed by atoms with Crippen molar-refractivity contribution >= 4 is 5.91 Å². The van der Waals surface area contributed by atoms with Gasteiger partial charge in [-0.2, -0.15) is 0 Å². The second-order valence-corrected chi connectivity index (χ2v) is 23.6. The first-order valence-electron chi connectivity index (χ1n) is 32.9. The zero-order chi connectivity index (χ0) is 56.7. The van der Waals surface area contributed by atoms with Gasteiger partial charge < -0.3 is 65.1 Å². The van der Waals surface area contributed by atoms with Crippen LogP contribution in [0.3, 0.4) is 0 Å². The van der Waals surface area contributed by atoms with Crippen molar-refractivity contribution in [2.75, 3.05) is 19.8 Å². The lowest BCUT2D eigenvalue weighted by atomic mass is 9.97. The number of aliphatic hydroxyl groups excluding tert-OH is 8. The van der Waals surface area contributed by atoms with Gasteiger partial charge in [-0.3, -0.25) is 4.79 Å². The number of ether oxygens (including phenoxy) is 4. The Morgan fingerprint density at radius 1 is 0.449 bits per heavy atom. The number of unbranched alkanes of at least 4 members (excludes halogenated alkanes) is 41. The summed E-state index contributed by atoms with van der Waals surface area (Å²) in [5, 5.41) is 87.1. The van der Waals surface area contributed by atoms with Gasteiger partial charge in [0.25, 0.3) is 0 Å². The minimum Gasteiger partial charge on any atom is -0.394 e. The molecule has 0 aromatic carbocycles. The number of allylic oxidation sites excluding steroid dienone is 1. The SMILES string of the molecule is CCCCCCCCCCCC/C=C/C(O)C(COC1OC(CO)C(OC2OC(CO)C(O)C(O)C2O)C(O)C1O)NC(=O)CCCCCCCCCCCCCCCCCCCCCCCCCCCCCCCCCC. The molecule has 2 saturated heterocycles. The molecule has 0 bridgehead atoms. The molecule has 0 spiro atoms. The molecule has 0 aliphatic carbocycles. The lowest BCUT2D eigenvalue weighted by molar-refractivity contribution is -0.359. The summed E-state index contributed by atoms with van der Waals surface area (Å²) in [5.41, 5.74) is 0. The van der Waals surface area contributed by atoms with Crippen LogP contribution in [0.15, 0.2) is 12.2 Å². The molecule has 0 radical (unpaired) electrons. The Morgan fingerprint density at radius 2 is 0.795 bits per heavy atom. The van der Waals surface area contributed by atoms with Crippen molar-refractivity contribution < 1.29 is 64.6 Å². The molecule has 0 aromatic rings. The van der Waals surface area contributed by atoms with Gasteiger partial charge >= 0.3 is 0 Å². The summed E-state index contributed by atoms with van der Waals surface area (Å²) in [6.45, 7) is 2.82. The first-order valence-corrected chi connectivity index (χ1v) is 32.9. The van der Waals surface area contributed by atoms with E-state index in [1.807, 2.05) is 6.08 Å². The summed E-state index contributed by atoms with van der Waals surface area (Å²) >= 11 is 0. The number of amides is 1. The maximum absolute atomic E-state index is 13.3. The fourth-order valence-electron chi connectivity index (χ4n) is 11.2. The third kappa shape index (κ3) is 35.0. The van der Waals surface area contributed by atoms with E-state index >= 15 is 0 Å². The molecule has 2 fully saturated rings. The van der Waals surface area contributed by atoms with E-state index < -0.39 is 86.8 Å². The van der Waals surface area contributed by atoms with Crippen molar-refractivity contribution in [3.63, 3.8) is 0 Å². The number of hydrogen-bond acceptors (Lipinski definition) is 13. The van der Waals surface area contributed by atoms with E-state index in [0.717, 1.165) is 38.5 Å². The quantitative estimate of drug-likeness (QED) is 0.0204. The Kier molecular flexibility index (Phi) is 46.9. The molecule has 2 rings (SSSR count). The fraction of sp³-hybridized carbons (Fsp3) is 0.953. The summed E-state index contributed by atoms with van der Waals surface area (Å²) in [5.74, 6) is -0.234. The number of rotatable bonds is 54. The number of carbonyl (C=O) groups excluding carboxylic acids is 1. The van der Waals surface area contributed by atoms with Crippen molar-refractivity contribution in [2.24, 2.45) is 0 Å². The van der Waals surface area contributed by atoms with E-state index in [1.54, 1.807) is 6.08 Å². The monoisotopic (exact) mass is 1110 g/mol. The summed E-state index contributed by atoms with van der Waals surface area (Å²) in [6.07, 6.45) is 42.9. The average molecular weight is 1110 g/mol. The van der Waals surface area contributed by atoms with Gasteiger partial charge in [0.05, 0.1) is 32.0 Å². The second-order valence-electron chi connectivity index (χ2n) is 23.6. The molecule has 0 aromatic heterocycles. The molecular weight excluding hydrogens is 991 g/mol. The van der Waals surface area contributed by atoms with Crippen LogP contribution in [-0.4, -0.2) is 140 Å². The summed E-state index contributed by atoms with van der Waals surface area (Å²) < 4.78 is 22.8. The van der Waals surface area contributed by atoms with E-state index in [4.69, 9.17) is 18.9 Å². The molecule has 2 aliphatic heterocycles. The Labute approximate surface area is 476 Å². The first-order chi connectivity index (χ1) is 38.1. The van der Waals surface area contributed by atoms with E-state index in [0.29, 0.717) is 6.42 Å². The lowest BCUT2D eigenvalue weighted by Crippen LogP contribution is -2.65. The zero-order valence-corrected chi connectivity index (χ0v) is 49.9. The van der Waals surface area contributed by atoms with Crippen molar-refractivity contribution in [3.05, 3.63) is 12.2 Å². The van der Waals surface area contributed by atoms with E-state index in [-0.39, 0.29) is 18.9 Å². The molecule has 14 heteroatoms. The predicted octanol–water partition coefficient (Wildman–Crippen LogP) is 12.2. The van der Waals surface area contributed by atoms with Crippen LogP contribution in [0.25, 0.3) is 0 Å². The Morgan fingerprint density at radius 3 is 1.18 bits per heavy atom. The minimum atomic E-state index is -1.79. The van der Waals surface area contributed by atoms with E-state index in [2.05, 4.69) is 19.2 Å². The summed E-state index contributed by atoms with van der Waals surface area (Å²) in [4.78, 5) is 13.3. The van der Waals surface area contributed by atoms with Crippen LogP contribution in [0.1, 0.15) is 296 Å². The topological polar surface area (TPSA) is 228 Å². The Hall–Kier alpha value is -1.27. The molecule has 1 amide bonds. The maximum atomic E-state index is 13.3. The highest BCUT2D eigenvalue weighted by Crippen LogP contribution is 2.30. The molecule has 9 N–H and O–H groups in total. The highest BCUT2D eigenvalue weighted by Gasteiger charge is 2.51. The molecule has 2 heterocycles. The van der Waals surface area contributed by atoms with Gasteiger partial charge in [0, 0.05) is 6.42 Å². The standard InChI is InChI=1S/C64H123NO13/c1-3-5-7-9-11-13-15-17-18-19-20-21-22-23-24-25-26-27-28-29-30-31-32-33-34-35-36-38-40-42-44-46-48-56(69)65-52(53(68)47-45-43-41-39-37-16-14-12-10-8-6-4-2)51-75-63-61(74)59(72)62(55(50-67)77-63)78-64-60(73)58(71)57(70)54(49-66)76-64/h45,47,52-55,57-64,66-68,70-74H,3-44,46,48-51H2,1-2H3,(H,65,69)/b47-45+. The molecule has 12 atom stereocenters. The summed E-state index contributed by atoms with van der Waals surface area (Å²) in [7, 11) is 0. The van der Waals surface area contributed by atoms with Crippen LogP contribution >= 0.6 is 0 Å². The zero-order valence-electron chi connectivity index (χ0n) is 49.9. The van der Waals surface area contributed by atoms with Crippen LogP contribution in [0, 0.1) is 0 Å². The highest BCUT2D eigenvalue weighted by atomic mass is 16.7. The van der Waals surface area contributed by atoms with Gasteiger partial charge in [-0.15, -0.1) is 0 Å². The molecule has 12 unspecified atom stereocenters. The molecule has 2 aliphatic rings. The van der Waals surface area contributed by atoms with Crippen LogP contribution in [0.4, 0.5) is 0 Å². The summed E-state index contributed by atoms with van der Waals surface area (Å²) in [6, 6.07) is -0.909. The lowest BCUT2D eigenvalue weighted by Gasteiger charge is -2.46. The minimum absolute atomic E-state index is 0.234. The average Bonchev–Trinajstić information content (AvgIpc) is 3.45. The number of aliphatic hydroxyl groups is 8.